The Morgan fingerprint density at radius 3 is 2.65 bits per heavy atom. The number of amides is 1. The van der Waals surface area contributed by atoms with Crippen LogP contribution in [0.1, 0.15) is 49.7 Å². The van der Waals surface area contributed by atoms with Crippen LogP contribution in [0.4, 0.5) is 11.5 Å². The van der Waals surface area contributed by atoms with E-state index in [0.717, 1.165) is 48.9 Å². The molecule has 0 fully saturated rings. The van der Waals surface area contributed by atoms with Gasteiger partial charge in [0.05, 0.1) is 23.6 Å². The second-order valence-electron chi connectivity index (χ2n) is 7.84. The minimum atomic E-state index is -0.302. The van der Waals surface area contributed by atoms with Gasteiger partial charge in [0.1, 0.15) is 11.5 Å². The van der Waals surface area contributed by atoms with E-state index in [1.165, 1.54) is 6.20 Å². The smallest absolute Gasteiger partial charge is 0.275 e. The number of carbonyl (C=O) groups is 1. The topological polar surface area (TPSA) is 83.0 Å². The summed E-state index contributed by atoms with van der Waals surface area (Å²) in [5, 5.41) is 7.27. The normalized spacial score (nSPS) is 12.2. The highest BCUT2D eigenvalue weighted by molar-refractivity contribution is 6.07. The molecule has 1 amide bonds. The van der Waals surface area contributed by atoms with Gasteiger partial charge in [0.15, 0.2) is 0 Å². The average molecular weight is 421 g/mol. The number of nitrogens with zero attached hydrogens (tertiary/aromatic N) is 4. The highest BCUT2D eigenvalue weighted by Gasteiger charge is 2.12. The van der Waals surface area contributed by atoms with Crippen molar-refractivity contribution in [3.8, 4) is 0 Å². The number of fused-ring (bicyclic) bond motifs is 1. The third-order valence-corrected chi connectivity index (χ3v) is 5.38. The number of hydrogen-bond acceptors (Lipinski definition) is 6. The molecular weight excluding hydrogens is 388 g/mol. The molecule has 3 aromatic rings. The van der Waals surface area contributed by atoms with Crippen molar-refractivity contribution in [2.75, 3.05) is 30.3 Å². The first-order valence-electron chi connectivity index (χ1n) is 11.0. The summed E-state index contributed by atoms with van der Waals surface area (Å²) in [6.07, 6.45) is 7.01. The number of nitrogens with one attached hydrogen (secondary N) is 2. The van der Waals surface area contributed by atoms with Crippen LogP contribution in [-0.2, 0) is 0 Å². The van der Waals surface area contributed by atoms with Gasteiger partial charge in [-0.25, -0.2) is 9.97 Å². The van der Waals surface area contributed by atoms with Crippen LogP contribution >= 0.6 is 0 Å². The second-order valence-corrected chi connectivity index (χ2v) is 7.84. The fourth-order valence-electron chi connectivity index (χ4n) is 3.63. The lowest BCUT2D eigenvalue weighted by atomic mass is 10.1. The summed E-state index contributed by atoms with van der Waals surface area (Å²) in [6, 6.07) is 8.11. The Hall–Kier alpha value is -3.06. The molecular formula is C24H32N6O. The number of anilines is 2. The summed E-state index contributed by atoms with van der Waals surface area (Å²) in [6.45, 7) is 11.8. The number of aromatic nitrogens is 3. The zero-order chi connectivity index (χ0) is 22.2. The largest absolute Gasteiger partial charge is 0.366 e. The van der Waals surface area contributed by atoms with Gasteiger partial charge in [-0.1, -0.05) is 19.9 Å². The first kappa shape index (κ1) is 22.6. The average Bonchev–Trinajstić information content (AvgIpc) is 2.77. The van der Waals surface area contributed by atoms with E-state index in [4.69, 9.17) is 0 Å². The highest BCUT2D eigenvalue weighted by atomic mass is 16.1. The van der Waals surface area contributed by atoms with Crippen LogP contribution in [0.3, 0.4) is 0 Å². The number of benzene rings is 1. The first-order chi connectivity index (χ1) is 15.0. The van der Waals surface area contributed by atoms with E-state index < -0.39 is 0 Å². The highest BCUT2D eigenvalue weighted by Crippen LogP contribution is 2.23. The molecule has 0 aliphatic rings. The Morgan fingerprint density at radius 1 is 1.13 bits per heavy atom. The third kappa shape index (κ3) is 6.21. The van der Waals surface area contributed by atoms with E-state index in [1.807, 2.05) is 31.2 Å². The molecule has 0 bridgehead atoms. The van der Waals surface area contributed by atoms with Crippen molar-refractivity contribution in [1.29, 1.82) is 0 Å². The third-order valence-electron chi connectivity index (χ3n) is 5.38. The van der Waals surface area contributed by atoms with Crippen molar-refractivity contribution < 1.29 is 4.79 Å². The van der Waals surface area contributed by atoms with Crippen LogP contribution in [0.15, 0.2) is 42.9 Å². The molecule has 1 aromatic carbocycles. The Bertz CT molecular complexity index is 1000. The molecule has 1 atom stereocenters. The summed E-state index contributed by atoms with van der Waals surface area (Å²) in [7, 11) is 0. The second kappa shape index (κ2) is 10.8. The minimum absolute atomic E-state index is 0.269. The Morgan fingerprint density at radius 2 is 1.94 bits per heavy atom. The van der Waals surface area contributed by atoms with Crippen molar-refractivity contribution in [2.24, 2.45) is 0 Å². The maximum atomic E-state index is 12.7. The predicted octanol–water partition coefficient (Wildman–Crippen LogP) is 4.51. The van der Waals surface area contributed by atoms with Gasteiger partial charge >= 0.3 is 0 Å². The summed E-state index contributed by atoms with van der Waals surface area (Å²) < 4.78 is 0. The van der Waals surface area contributed by atoms with Gasteiger partial charge < -0.3 is 15.5 Å². The fourth-order valence-corrected chi connectivity index (χ4v) is 3.63. The number of pyridine rings is 1. The van der Waals surface area contributed by atoms with E-state index in [-0.39, 0.29) is 17.6 Å². The number of carbonyl (C=O) groups excluding carboxylic acids is 1. The van der Waals surface area contributed by atoms with Gasteiger partial charge in [-0.05, 0) is 70.1 Å². The fraction of sp³-hybridized carbons (Fsp3) is 0.417. The lowest BCUT2D eigenvalue weighted by Gasteiger charge is -2.20. The van der Waals surface area contributed by atoms with Gasteiger partial charge in [0.25, 0.3) is 5.91 Å². The van der Waals surface area contributed by atoms with Gasteiger partial charge in [0.2, 0.25) is 0 Å². The van der Waals surface area contributed by atoms with Gasteiger partial charge in [0, 0.05) is 17.6 Å². The zero-order valence-electron chi connectivity index (χ0n) is 18.9. The standard InChI is InChI=1S/C24H32N6O/c1-5-30(6-2)12-8-9-18(4)28-22-16-26-21(15-27-22)24(31)29-20-14-17(3)13-19-10-7-11-25-23(19)20/h7,10-11,13-16,18H,5-6,8-9,12H2,1-4H3,(H,27,28)(H,29,31). The molecule has 2 aromatic heterocycles. The molecule has 1 unspecified atom stereocenters. The molecule has 7 heteroatoms. The summed E-state index contributed by atoms with van der Waals surface area (Å²) in [4.78, 5) is 28.2. The molecule has 164 valence electrons. The SMILES string of the molecule is CCN(CC)CCCC(C)Nc1cnc(C(=O)Nc2cc(C)cc3cccnc23)cn1. The lowest BCUT2D eigenvalue weighted by Crippen LogP contribution is -2.25. The van der Waals surface area contributed by atoms with Gasteiger partial charge in [-0.15, -0.1) is 0 Å². The summed E-state index contributed by atoms with van der Waals surface area (Å²) in [5.74, 6) is 0.374. The molecule has 0 saturated heterocycles. The van der Waals surface area contributed by atoms with Crippen molar-refractivity contribution in [3.63, 3.8) is 0 Å². The van der Waals surface area contributed by atoms with Crippen LogP contribution in [0.2, 0.25) is 0 Å². The minimum Gasteiger partial charge on any atom is -0.366 e. The quantitative estimate of drug-likeness (QED) is 0.502. The molecule has 0 spiro atoms. The maximum Gasteiger partial charge on any atom is 0.275 e. The molecule has 0 saturated carbocycles. The number of aryl methyl sites for hydroxylation is 1. The predicted molar refractivity (Wildman–Crippen MR) is 127 cm³/mol. The Labute approximate surface area is 184 Å². The van der Waals surface area contributed by atoms with Crippen LogP contribution in [0.5, 0.6) is 0 Å². The van der Waals surface area contributed by atoms with E-state index in [1.54, 1.807) is 12.4 Å². The summed E-state index contributed by atoms with van der Waals surface area (Å²) in [5.41, 5.74) is 2.75. The molecule has 0 radical (unpaired) electrons. The van der Waals surface area contributed by atoms with E-state index >= 15 is 0 Å². The molecule has 3 rings (SSSR count). The van der Waals surface area contributed by atoms with Crippen LogP contribution in [0, 0.1) is 6.92 Å². The number of hydrogen-bond donors (Lipinski definition) is 2. The van der Waals surface area contributed by atoms with Crippen LogP contribution < -0.4 is 10.6 Å². The van der Waals surface area contributed by atoms with Crippen molar-refractivity contribution in [2.45, 2.75) is 46.6 Å². The maximum absolute atomic E-state index is 12.7. The number of rotatable bonds is 10. The Kier molecular flexibility index (Phi) is 7.89. The van der Waals surface area contributed by atoms with Gasteiger partial charge in [-0.2, -0.15) is 0 Å². The molecule has 0 aliphatic carbocycles. The molecule has 2 heterocycles. The first-order valence-corrected chi connectivity index (χ1v) is 11.0. The summed E-state index contributed by atoms with van der Waals surface area (Å²) >= 11 is 0. The van der Waals surface area contributed by atoms with E-state index in [2.05, 4.69) is 51.3 Å². The monoisotopic (exact) mass is 420 g/mol. The van der Waals surface area contributed by atoms with Crippen molar-refractivity contribution >= 4 is 28.3 Å². The van der Waals surface area contributed by atoms with Gasteiger partial charge in [-0.3, -0.25) is 9.78 Å². The van der Waals surface area contributed by atoms with E-state index in [0.29, 0.717) is 11.5 Å². The zero-order valence-corrected chi connectivity index (χ0v) is 18.9. The molecule has 0 aliphatic heterocycles. The van der Waals surface area contributed by atoms with E-state index in [9.17, 15) is 4.79 Å². The van der Waals surface area contributed by atoms with Crippen molar-refractivity contribution in [1.82, 2.24) is 19.9 Å². The van der Waals surface area contributed by atoms with Crippen LogP contribution in [0.25, 0.3) is 10.9 Å². The molecule has 2 N–H and O–H groups in total. The van der Waals surface area contributed by atoms with Crippen LogP contribution in [-0.4, -0.2) is 51.4 Å². The molecule has 7 nitrogen and oxygen atoms in total. The lowest BCUT2D eigenvalue weighted by molar-refractivity contribution is 0.102. The Balaban J connectivity index is 1.58. The van der Waals surface area contributed by atoms with Crippen molar-refractivity contribution in [3.05, 3.63) is 54.1 Å². The molecule has 31 heavy (non-hydrogen) atoms.